The zero-order valence-electron chi connectivity index (χ0n) is 16.1. The summed E-state index contributed by atoms with van der Waals surface area (Å²) in [5.74, 6) is 1.83. The van der Waals surface area contributed by atoms with E-state index in [1.165, 1.54) is 16.7 Å². The van der Waals surface area contributed by atoms with Crippen molar-refractivity contribution < 1.29 is 4.74 Å². The molecule has 0 unspecified atom stereocenters. The number of guanidine groups is 1. The Bertz CT molecular complexity index is 949. The smallest absolute Gasteiger partial charge is 0.191 e. The largest absolute Gasteiger partial charge is 0.493 e. The molecule has 1 aliphatic heterocycles. The molecule has 0 amide bonds. The number of imidazole rings is 1. The normalized spacial score (nSPS) is 13.1. The summed E-state index contributed by atoms with van der Waals surface area (Å²) in [5, 5.41) is 6.80. The van der Waals surface area contributed by atoms with E-state index in [9.17, 15) is 0 Å². The predicted octanol–water partition coefficient (Wildman–Crippen LogP) is 2.71. The van der Waals surface area contributed by atoms with Gasteiger partial charge in [0.05, 0.1) is 18.6 Å². The number of para-hydroxylation sites is 1. The van der Waals surface area contributed by atoms with Crippen molar-refractivity contribution >= 4 is 5.96 Å². The highest BCUT2D eigenvalue weighted by atomic mass is 16.5. The van der Waals surface area contributed by atoms with Crippen molar-refractivity contribution in [3.8, 4) is 11.4 Å². The Hall–Kier alpha value is -3.28. The fraction of sp³-hybridized carbons (Fsp3) is 0.273. The summed E-state index contributed by atoms with van der Waals surface area (Å²) in [4.78, 5) is 8.48. The highest BCUT2D eigenvalue weighted by Gasteiger charge is 2.12. The van der Waals surface area contributed by atoms with Gasteiger partial charge in [-0.05, 0) is 35.2 Å². The molecule has 0 saturated heterocycles. The van der Waals surface area contributed by atoms with E-state index in [1.54, 1.807) is 13.2 Å². The van der Waals surface area contributed by atoms with Gasteiger partial charge in [0.1, 0.15) is 5.75 Å². The minimum atomic E-state index is 0.685. The zero-order valence-corrected chi connectivity index (χ0v) is 16.1. The van der Waals surface area contributed by atoms with E-state index < -0.39 is 0 Å². The number of nitrogens with zero attached hydrogens (tertiary/aromatic N) is 3. The lowest BCUT2D eigenvalue weighted by Gasteiger charge is -2.14. The molecule has 2 aromatic carbocycles. The van der Waals surface area contributed by atoms with Crippen LogP contribution in [0, 0.1) is 0 Å². The second-order valence-electron chi connectivity index (χ2n) is 6.74. The van der Waals surface area contributed by atoms with Gasteiger partial charge in [-0.25, -0.2) is 4.98 Å². The molecule has 6 heteroatoms. The third-order valence-corrected chi connectivity index (χ3v) is 4.90. The number of nitrogens with one attached hydrogen (secondary N) is 2. The Morgan fingerprint density at radius 1 is 1.21 bits per heavy atom. The van der Waals surface area contributed by atoms with Gasteiger partial charge in [-0.3, -0.25) is 4.99 Å². The van der Waals surface area contributed by atoms with Crippen molar-refractivity contribution in [2.45, 2.75) is 19.4 Å². The van der Waals surface area contributed by atoms with E-state index in [0.717, 1.165) is 43.4 Å². The molecule has 2 N–H and O–H groups in total. The molecule has 2 heterocycles. The topological polar surface area (TPSA) is 63.5 Å². The number of ether oxygens (including phenoxy) is 1. The van der Waals surface area contributed by atoms with E-state index in [0.29, 0.717) is 6.54 Å². The van der Waals surface area contributed by atoms with Crippen LogP contribution in [-0.4, -0.2) is 35.7 Å². The molecule has 3 aromatic rings. The molecule has 1 aromatic heterocycles. The average Bonchev–Trinajstić information content (AvgIpc) is 3.42. The summed E-state index contributed by atoms with van der Waals surface area (Å²) in [6, 6.07) is 14.8. The van der Waals surface area contributed by atoms with Gasteiger partial charge < -0.3 is 19.9 Å². The molecular weight excluding hydrogens is 350 g/mol. The number of fused-ring (bicyclic) bond motifs is 1. The van der Waals surface area contributed by atoms with Crippen molar-refractivity contribution in [1.82, 2.24) is 20.2 Å². The fourth-order valence-corrected chi connectivity index (χ4v) is 3.43. The molecule has 1 aliphatic rings. The average molecular weight is 375 g/mol. The zero-order chi connectivity index (χ0) is 19.2. The van der Waals surface area contributed by atoms with Crippen LogP contribution in [-0.2, 0) is 19.4 Å². The van der Waals surface area contributed by atoms with Gasteiger partial charge in [0.25, 0.3) is 0 Å². The predicted molar refractivity (Wildman–Crippen MR) is 111 cm³/mol. The van der Waals surface area contributed by atoms with Gasteiger partial charge in [0.2, 0.25) is 0 Å². The van der Waals surface area contributed by atoms with Crippen LogP contribution in [0.25, 0.3) is 5.69 Å². The van der Waals surface area contributed by atoms with Crippen LogP contribution in [0.2, 0.25) is 0 Å². The Balaban J connectivity index is 1.31. The van der Waals surface area contributed by atoms with Crippen molar-refractivity contribution in [3.63, 3.8) is 0 Å². The molecule has 0 saturated carbocycles. The quantitative estimate of drug-likeness (QED) is 0.514. The third-order valence-electron chi connectivity index (χ3n) is 4.90. The van der Waals surface area contributed by atoms with Crippen LogP contribution in [0.1, 0.15) is 16.7 Å². The molecule has 0 fully saturated rings. The first-order valence-electron chi connectivity index (χ1n) is 9.59. The Morgan fingerprint density at radius 3 is 3.00 bits per heavy atom. The lowest BCUT2D eigenvalue weighted by Crippen LogP contribution is -2.38. The molecule has 4 rings (SSSR count). The summed E-state index contributed by atoms with van der Waals surface area (Å²) in [6.07, 6.45) is 7.51. The number of rotatable bonds is 6. The first-order valence-corrected chi connectivity index (χ1v) is 9.59. The van der Waals surface area contributed by atoms with Crippen LogP contribution in [0.3, 0.4) is 0 Å². The van der Waals surface area contributed by atoms with E-state index in [4.69, 9.17) is 4.74 Å². The fourth-order valence-electron chi connectivity index (χ4n) is 3.43. The van der Waals surface area contributed by atoms with E-state index in [-0.39, 0.29) is 0 Å². The first kappa shape index (κ1) is 18.1. The number of aliphatic imine (C=N–C) groups is 1. The molecule has 28 heavy (non-hydrogen) atoms. The monoisotopic (exact) mass is 375 g/mol. The Labute approximate surface area is 165 Å². The molecule has 0 atom stereocenters. The van der Waals surface area contributed by atoms with Crippen molar-refractivity contribution in [2.24, 2.45) is 4.99 Å². The van der Waals surface area contributed by atoms with Crippen molar-refractivity contribution in [2.75, 3.05) is 20.2 Å². The molecule has 6 nitrogen and oxygen atoms in total. The summed E-state index contributed by atoms with van der Waals surface area (Å²) in [6.45, 7) is 2.31. The lowest BCUT2D eigenvalue weighted by molar-refractivity contribution is 0.357. The van der Waals surface area contributed by atoms with Gasteiger partial charge in [-0.15, -0.1) is 0 Å². The van der Waals surface area contributed by atoms with Crippen molar-refractivity contribution in [3.05, 3.63) is 77.9 Å². The van der Waals surface area contributed by atoms with Crippen LogP contribution in [0.15, 0.2) is 66.2 Å². The summed E-state index contributed by atoms with van der Waals surface area (Å²) < 4.78 is 7.59. The number of aromatic nitrogens is 2. The maximum absolute atomic E-state index is 5.57. The third kappa shape index (κ3) is 4.17. The van der Waals surface area contributed by atoms with Gasteiger partial charge >= 0.3 is 0 Å². The van der Waals surface area contributed by atoms with Gasteiger partial charge in [-0.1, -0.05) is 30.3 Å². The minimum Gasteiger partial charge on any atom is -0.493 e. The highest BCUT2D eigenvalue weighted by Crippen LogP contribution is 2.25. The number of hydrogen-bond donors (Lipinski definition) is 2. The van der Waals surface area contributed by atoms with Crippen LogP contribution in [0.4, 0.5) is 0 Å². The molecule has 0 spiro atoms. The summed E-state index contributed by atoms with van der Waals surface area (Å²) in [5.41, 5.74) is 4.93. The summed E-state index contributed by atoms with van der Waals surface area (Å²) >= 11 is 0. The second kappa shape index (κ2) is 8.61. The Kier molecular flexibility index (Phi) is 5.56. The Morgan fingerprint density at radius 2 is 2.14 bits per heavy atom. The molecule has 0 bridgehead atoms. The SMILES string of the molecule is CN=C(NCCc1ccc2c(c1)CCO2)NCc1ccccc1-n1ccnc1. The standard InChI is InChI=1S/C22H25N5O/c1-23-22(25-10-8-17-6-7-21-18(14-17)9-13-28-21)26-15-19-4-2-3-5-20(19)27-12-11-24-16-27/h2-7,11-12,14,16H,8-10,13,15H2,1H3,(H2,23,25,26). The van der Waals surface area contributed by atoms with Crippen LogP contribution >= 0.6 is 0 Å². The molecule has 144 valence electrons. The minimum absolute atomic E-state index is 0.685. The highest BCUT2D eigenvalue weighted by molar-refractivity contribution is 5.79. The molecular formula is C22H25N5O. The second-order valence-corrected chi connectivity index (χ2v) is 6.74. The van der Waals surface area contributed by atoms with Crippen molar-refractivity contribution in [1.29, 1.82) is 0 Å². The van der Waals surface area contributed by atoms with Crippen LogP contribution in [0.5, 0.6) is 5.75 Å². The van der Waals surface area contributed by atoms with Gasteiger partial charge in [0.15, 0.2) is 5.96 Å². The molecule has 0 radical (unpaired) electrons. The first-order chi connectivity index (χ1) is 13.8. The van der Waals surface area contributed by atoms with Crippen LogP contribution < -0.4 is 15.4 Å². The number of hydrogen-bond acceptors (Lipinski definition) is 3. The van der Waals surface area contributed by atoms with E-state index in [2.05, 4.69) is 50.9 Å². The van der Waals surface area contributed by atoms with Gasteiger partial charge in [0, 0.05) is 39.0 Å². The maximum Gasteiger partial charge on any atom is 0.191 e. The number of benzene rings is 2. The summed E-state index contributed by atoms with van der Waals surface area (Å²) in [7, 11) is 1.80. The lowest BCUT2D eigenvalue weighted by atomic mass is 10.1. The molecule has 0 aliphatic carbocycles. The van der Waals surface area contributed by atoms with E-state index in [1.807, 2.05) is 29.2 Å². The van der Waals surface area contributed by atoms with E-state index >= 15 is 0 Å². The maximum atomic E-state index is 5.57. The van der Waals surface area contributed by atoms with Gasteiger partial charge in [-0.2, -0.15) is 0 Å².